The van der Waals surface area contributed by atoms with Gasteiger partial charge in [0.15, 0.2) is 0 Å². The van der Waals surface area contributed by atoms with Gasteiger partial charge in [-0.15, -0.1) is 22.9 Å². The van der Waals surface area contributed by atoms with Gasteiger partial charge in [0, 0.05) is 18.3 Å². The Hall–Kier alpha value is -0.940. The highest BCUT2D eigenvalue weighted by Crippen LogP contribution is 2.42. The molecular weight excluding hydrogens is 308 g/mol. The Kier molecular flexibility index (Phi) is 4.31. The number of thiazole rings is 1. The maximum atomic E-state index is 12.3. The highest BCUT2D eigenvalue weighted by molar-refractivity contribution is 7.09. The molecule has 21 heavy (non-hydrogen) atoms. The monoisotopic (exact) mass is 326 g/mol. The van der Waals surface area contributed by atoms with Gasteiger partial charge in [0.25, 0.3) is 0 Å². The lowest BCUT2D eigenvalue weighted by Gasteiger charge is -2.16. The average molecular weight is 327 g/mol. The normalized spacial score (nSPS) is 28.5. The van der Waals surface area contributed by atoms with Crippen LogP contribution in [0, 0.1) is 17.8 Å². The topological polar surface area (TPSA) is 50.3 Å². The van der Waals surface area contributed by atoms with Crippen molar-refractivity contribution in [2.75, 3.05) is 6.54 Å². The molecule has 1 aliphatic carbocycles. The van der Waals surface area contributed by atoms with Crippen LogP contribution >= 0.6 is 22.9 Å². The lowest BCUT2D eigenvalue weighted by atomic mass is 10.00. The summed E-state index contributed by atoms with van der Waals surface area (Å²) in [4.78, 5) is 30.5. The van der Waals surface area contributed by atoms with Gasteiger partial charge >= 0.3 is 0 Å². The van der Waals surface area contributed by atoms with E-state index in [2.05, 4.69) is 11.9 Å². The number of aryl methyl sites for hydroxylation is 1. The van der Waals surface area contributed by atoms with Crippen LogP contribution in [0.5, 0.6) is 0 Å². The average Bonchev–Trinajstić information content (AvgIpc) is 3.12. The molecular formula is C15H19ClN2O2S. The molecule has 0 radical (unpaired) electrons. The quantitative estimate of drug-likeness (QED) is 0.617. The maximum absolute atomic E-state index is 12.3. The number of alkyl halides is 1. The number of hydrogen-bond acceptors (Lipinski definition) is 4. The van der Waals surface area contributed by atoms with E-state index in [1.54, 1.807) is 11.3 Å². The molecule has 0 spiro atoms. The summed E-state index contributed by atoms with van der Waals surface area (Å²) in [7, 11) is 0. The Morgan fingerprint density at radius 1 is 1.33 bits per heavy atom. The van der Waals surface area contributed by atoms with E-state index in [9.17, 15) is 9.59 Å². The zero-order chi connectivity index (χ0) is 15.0. The molecule has 2 amide bonds. The molecule has 6 heteroatoms. The summed E-state index contributed by atoms with van der Waals surface area (Å²) in [5.74, 6) is 0.941. The van der Waals surface area contributed by atoms with Crippen molar-refractivity contribution < 1.29 is 9.59 Å². The maximum Gasteiger partial charge on any atom is 0.233 e. The molecule has 2 heterocycles. The molecule has 4 nitrogen and oxygen atoms in total. The van der Waals surface area contributed by atoms with Gasteiger partial charge in [-0.05, 0) is 25.2 Å². The van der Waals surface area contributed by atoms with Gasteiger partial charge < -0.3 is 0 Å². The fourth-order valence-corrected chi connectivity index (χ4v) is 4.55. The second kappa shape index (κ2) is 6.05. The minimum Gasteiger partial charge on any atom is -0.282 e. The summed E-state index contributed by atoms with van der Waals surface area (Å²) >= 11 is 7.32. The fraction of sp³-hybridized carbons (Fsp3) is 0.667. The molecule has 1 saturated carbocycles. The standard InChI is InChI=1S/C15H19ClN2O2S/c1-9-5-11-12(6-9)15(20)18(14(11)19)4-2-3-13-17-10(7-16)8-21-13/h8-9,11-12H,2-7H2,1H3. The molecule has 1 aromatic rings. The number of halogens is 1. The zero-order valence-electron chi connectivity index (χ0n) is 12.0. The number of fused-ring (bicyclic) bond motifs is 1. The van der Waals surface area contributed by atoms with E-state index in [1.165, 1.54) is 4.90 Å². The third kappa shape index (κ3) is 2.86. The Labute approximate surface area is 133 Å². The predicted molar refractivity (Wildman–Crippen MR) is 82.1 cm³/mol. The molecule has 3 rings (SSSR count). The van der Waals surface area contributed by atoms with Crippen LogP contribution in [0.2, 0.25) is 0 Å². The molecule has 0 aromatic carbocycles. The second-order valence-corrected chi connectivity index (χ2v) is 7.30. The minimum absolute atomic E-state index is 0.0461. The molecule has 2 aliphatic rings. The third-order valence-corrected chi connectivity index (χ3v) is 5.70. The number of imide groups is 1. The Morgan fingerprint density at radius 3 is 2.57 bits per heavy atom. The van der Waals surface area contributed by atoms with Crippen molar-refractivity contribution in [3.8, 4) is 0 Å². The van der Waals surface area contributed by atoms with Gasteiger partial charge in [-0.1, -0.05) is 6.92 Å². The predicted octanol–water partition coefficient (Wildman–Crippen LogP) is 2.85. The Bertz CT molecular complexity index is 536. The largest absolute Gasteiger partial charge is 0.282 e. The number of carbonyl (C=O) groups excluding carboxylic acids is 2. The van der Waals surface area contributed by atoms with Crippen LogP contribution in [0.3, 0.4) is 0 Å². The highest BCUT2D eigenvalue weighted by atomic mass is 35.5. The van der Waals surface area contributed by atoms with Gasteiger partial charge in [0.1, 0.15) is 0 Å². The number of nitrogens with zero attached hydrogens (tertiary/aromatic N) is 2. The molecule has 2 unspecified atom stereocenters. The molecule has 0 N–H and O–H groups in total. The molecule has 2 fully saturated rings. The summed E-state index contributed by atoms with van der Waals surface area (Å²) < 4.78 is 0. The van der Waals surface area contributed by atoms with E-state index in [0.29, 0.717) is 18.3 Å². The van der Waals surface area contributed by atoms with Crippen LogP contribution in [-0.2, 0) is 21.9 Å². The molecule has 1 saturated heterocycles. The first-order valence-corrected chi connectivity index (χ1v) is 8.86. The number of aromatic nitrogens is 1. The first kappa shape index (κ1) is 15.0. The first-order valence-electron chi connectivity index (χ1n) is 7.44. The SMILES string of the molecule is CC1CC2C(=O)N(CCCc3nc(CCl)cs3)C(=O)C2C1. The lowest BCUT2D eigenvalue weighted by Crippen LogP contribution is -2.33. The molecule has 0 bridgehead atoms. The highest BCUT2D eigenvalue weighted by Gasteiger charge is 2.51. The summed E-state index contributed by atoms with van der Waals surface area (Å²) in [5, 5.41) is 2.99. The lowest BCUT2D eigenvalue weighted by molar-refractivity contribution is -0.140. The van der Waals surface area contributed by atoms with E-state index >= 15 is 0 Å². The van der Waals surface area contributed by atoms with Crippen molar-refractivity contribution in [2.24, 2.45) is 17.8 Å². The number of rotatable bonds is 5. The first-order chi connectivity index (χ1) is 10.1. The number of carbonyl (C=O) groups is 2. The van der Waals surface area contributed by atoms with Gasteiger partial charge in [0.05, 0.1) is 28.4 Å². The zero-order valence-corrected chi connectivity index (χ0v) is 13.6. The Balaban J connectivity index is 1.54. The van der Waals surface area contributed by atoms with Crippen LogP contribution < -0.4 is 0 Å². The van der Waals surface area contributed by atoms with E-state index in [1.807, 2.05) is 5.38 Å². The van der Waals surface area contributed by atoms with Crippen LogP contribution in [0.15, 0.2) is 5.38 Å². The number of amides is 2. The molecule has 1 aromatic heterocycles. The van der Waals surface area contributed by atoms with Crippen LogP contribution in [0.4, 0.5) is 0 Å². The van der Waals surface area contributed by atoms with Crippen LogP contribution in [-0.4, -0.2) is 28.2 Å². The third-order valence-electron chi connectivity index (χ3n) is 4.47. The van der Waals surface area contributed by atoms with E-state index in [0.717, 1.165) is 36.4 Å². The number of likely N-dealkylation sites (tertiary alicyclic amines) is 1. The second-order valence-electron chi connectivity index (χ2n) is 6.09. The summed E-state index contributed by atoms with van der Waals surface area (Å²) in [5.41, 5.74) is 0.897. The van der Waals surface area contributed by atoms with Crippen molar-refractivity contribution in [3.63, 3.8) is 0 Å². The minimum atomic E-state index is -0.0461. The van der Waals surface area contributed by atoms with Gasteiger partial charge in [-0.3, -0.25) is 14.5 Å². The van der Waals surface area contributed by atoms with E-state index in [4.69, 9.17) is 11.6 Å². The van der Waals surface area contributed by atoms with Gasteiger partial charge in [-0.2, -0.15) is 0 Å². The summed E-state index contributed by atoms with van der Waals surface area (Å²) in [6.07, 6.45) is 3.32. The summed E-state index contributed by atoms with van der Waals surface area (Å²) in [6.45, 7) is 2.65. The molecule has 114 valence electrons. The summed E-state index contributed by atoms with van der Waals surface area (Å²) in [6, 6.07) is 0. The van der Waals surface area contributed by atoms with Gasteiger partial charge in [-0.25, -0.2) is 4.98 Å². The van der Waals surface area contributed by atoms with Crippen LogP contribution in [0.25, 0.3) is 0 Å². The smallest absolute Gasteiger partial charge is 0.233 e. The molecule has 1 aliphatic heterocycles. The van der Waals surface area contributed by atoms with Crippen molar-refractivity contribution >= 4 is 34.8 Å². The van der Waals surface area contributed by atoms with Crippen molar-refractivity contribution in [1.29, 1.82) is 0 Å². The number of hydrogen-bond donors (Lipinski definition) is 0. The Morgan fingerprint density at radius 2 is 2.00 bits per heavy atom. The van der Waals surface area contributed by atoms with Gasteiger partial charge in [0.2, 0.25) is 11.8 Å². The molecule has 2 atom stereocenters. The van der Waals surface area contributed by atoms with Crippen molar-refractivity contribution in [1.82, 2.24) is 9.88 Å². The van der Waals surface area contributed by atoms with Crippen molar-refractivity contribution in [2.45, 2.75) is 38.5 Å². The van der Waals surface area contributed by atoms with Crippen molar-refractivity contribution in [3.05, 3.63) is 16.1 Å². The van der Waals surface area contributed by atoms with E-state index in [-0.39, 0.29) is 23.7 Å². The van der Waals surface area contributed by atoms with E-state index < -0.39 is 0 Å². The fourth-order valence-electron chi connectivity index (χ4n) is 3.48. The van der Waals surface area contributed by atoms with Crippen LogP contribution in [0.1, 0.15) is 36.9 Å².